The molecule has 2 aromatic rings. The van der Waals surface area contributed by atoms with Crippen LogP contribution in [-0.2, 0) is 0 Å². The van der Waals surface area contributed by atoms with E-state index in [0.717, 1.165) is 36.3 Å². The first-order valence-corrected chi connectivity index (χ1v) is 8.59. The molecule has 0 aromatic heterocycles. The molecule has 1 aliphatic rings. The standard InChI is InChI=1S/C20H25NO2/c1-17-7-6-12-21(16-17)13-14-22-19-10-5-11-20(15-19)23-18-8-3-2-4-9-18/h2-5,8-11,15,17H,6-7,12-14,16H2,1H3/p+1. The SMILES string of the molecule is CC1CCC[NH+](CCOc2cccc(Oc3ccccc3)c2)C1. The summed E-state index contributed by atoms with van der Waals surface area (Å²) >= 11 is 0. The number of hydrogen-bond acceptors (Lipinski definition) is 2. The Labute approximate surface area is 138 Å². The summed E-state index contributed by atoms with van der Waals surface area (Å²) in [4.78, 5) is 1.67. The van der Waals surface area contributed by atoms with E-state index in [-0.39, 0.29) is 0 Å². The Balaban J connectivity index is 1.49. The molecular weight excluding hydrogens is 286 g/mol. The fourth-order valence-electron chi connectivity index (χ4n) is 3.19. The maximum absolute atomic E-state index is 5.92. The zero-order valence-corrected chi connectivity index (χ0v) is 13.8. The predicted octanol–water partition coefficient (Wildman–Crippen LogP) is 3.17. The predicted molar refractivity (Wildman–Crippen MR) is 92.4 cm³/mol. The van der Waals surface area contributed by atoms with Crippen LogP contribution in [0.1, 0.15) is 19.8 Å². The monoisotopic (exact) mass is 312 g/mol. The van der Waals surface area contributed by atoms with E-state index < -0.39 is 0 Å². The van der Waals surface area contributed by atoms with Crippen molar-refractivity contribution in [2.24, 2.45) is 5.92 Å². The van der Waals surface area contributed by atoms with Crippen molar-refractivity contribution in [2.45, 2.75) is 19.8 Å². The maximum Gasteiger partial charge on any atom is 0.137 e. The molecule has 0 amide bonds. The van der Waals surface area contributed by atoms with Crippen molar-refractivity contribution in [1.29, 1.82) is 0 Å². The molecule has 1 fully saturated rings. The molecule has 0 radical (unpaired) electrons. The lowest BCUT2D eigenvalue weighted by molar-refractivity contribution is -0.908. The normalized spacial score (nSPS) is 20.9. The van der Waals surface area contributed by atoms with E-state index >= 15 is 0 Å². The zero-order chi connectivity index (χ0) is 15.9. The highest BCUT2D eigenvalue weighted by molar-refractivity contribution is 5.36. The quantitative estimate of drug-likeness (QED) is 0.885. The van der Waals surface area contributed by atoms with Crippen molar-refractivity contribution in [2.75, 3.05) is 26.2 Å². The van der Waals surface area contributed by atoms with Gasteiger partial charge in [0.25, 0.3) is 0 Å². The Morgan fingerprint density at radius 3 is 2.61 bits per heavy atom. The topological polar surface area (TPSA) is 22.9 Å². The summed E-state index contributed by atoms with van der Waals surface area (Å²) in [6, 6.07) is 17.7. The number of piperidine rings is 1. The van der Waals surface area contributed by atoms with Gasteiger partial charge in [0, 0.05) is 12.0 Å². The lowest BCUT2D eigenvalue weighted by Crippen LogP contribution is -3.14. The molecule has 0 spiro atoms. The second kappa shape index (κ2) is 8.02. The average molecular weight is 312 g/mol. The highest BCUT2D eigenvalue weighted by Gasteiger charge is 2.19. The van der Waals surface area contributed by atoms with Crippen molar-refractivity contribution in [1.82, 2.24) is 0 Å². The molecular formula is C20H26NO2+. The Morgan fingerprint density at radius 1 is 1.00 bits per heavy atom. The second-order valence-corrected chi connectivity index (χ2v) is 6.44. The molecule has 0 saturated carbocycles. The molecule has 23 heavy (non-hydrogen) atoms. The van der Waals surface area contributed by atoms with Crippen molar-refractivity contribution in [3.63, 3.8) is 0 Å². The minimum atomic E-state index is 0.761. The summed E-state index contributed by atoms with van der Waals surface area (Å²) in [6.45, 7) is 6.75. The Kier molecular flexibility index (Phi) is 5.54. The van der Waals surface area contributed by atoms with Gasteiger partial charge in [0.05, 0.1) is 13.1 Å². The van der Waals surface area contributed by atoms with E-state index in [1.807, 2.05) is 54.6 Å². The third kappa shape index (κ3) is 5.00. The summed E-state index contributed by atoms with van der Waals surface area (Å²) in [5, 5.41) is 0. The van der Waals surface area contributed by atoms with Crippen LogP contribution in [0.25, 0.3) is 0 Å². The molecule has 0 bridgehead atoms. The number of rotatable bonds is 6. The molecule has 122 valence electrons. The highest BCUT2D eigenvalue weighted by Crippen LogP contribution is 2.24. The third-order valence-electron chi connectivity index (χ3n) is 4.37. The number of ether oxygens (including phenoxy) is 2. The molecule has 1 heterocycles. The first-order chi connectivity index (χ1) is 11.3. The summed E-state index contributed by atoms with van der Waals surface area (Å²) < 4.78 is 11.8. The van der Waals surface area contributed by atoms with Gasteiger partial charge in [0.2, 0.25) is 0 Å². The van der Waals surface area contributed by atoms with Crippen LogP contribution in [0.5, 0.6) is 17.2 Å². The number of likely N-dealkylation sites (tertiary alicyclic amines) is 1. The number of hydrogen-bond donors (Lipinski definition) is 1. The van der Waals surface area contributed by atoms with E-state index in [9.17, 15) is 0 Å². The number of para-hydroxylation sites is 1. The van der Waals surface area contributed by atoms with Crippen LogP contribution >= 0.6 is 0 Å². The van der Waals surface area contributed by atoms with Gasteiger partial charge in [-0.2, -0.15) is 0 Å². The highest BCUT2D eigenvalue weighted by atomic mass is 16.5. The Morgan fingerprint density at radius 2 is 1.78 bits per heavy atom. The average Bonchev–Trinajstić information content (AvgIpc) is 2.56. The molecule has 3 heteroatoms. The lowest BCUT2D eigenvalue weighted by atomic mass is 10.0. The molecule has 1 N–H and O–H groups in total. The fraction of sp³-hybridized carbons (Fsp3) is 0.400. The van der Waals surface area contributed by atoms with E-state index in [0.29, 0.717) is 0 Å². The summed E-state index contributed by atoms with van der Waals surface area (Å²) in [7, 11) is 0. The first kappa shape index (κ1) is 15.9. The first-order valence-electron chi connectivity index (χ1n) is 8.59. The third-order valence-corrected chi connectivity index (χ3v) is 4.37. The van der Waals surface area contributed by atoms with Crippen LogP contribution in [0.2, 0.25) is 0 Å². The van der Waals surface area contributed by atoms with Crippen LogP contribution in [0, 0.1) is 5.92 Å². The van der Waals surface area contributed by atoms with Gasteiger partial charge >= 0.3 is 0 Å². The van der Waals surface area contributed by atoms with Gasteiger partial charge < -0.3 is 14.4 Å². The largest absolute Gasteiger partial charge is 0.488 e. The van der Waals surface area contributed by atoms with Crippen molar-refractivity contribution in [3.8, 4) is 17.2 Å². The second-order valence-electron chi connectivity index (χ2n) is 6.44. The molecule has 3 nitrogen and oxygen atoms in total. The molecule has 2 aromatic carbocycles. The number of quaternary nitrogens is 1. The van der Waals surface area contributed by atoms with Crippen LogP contribution in [0.3, 0.4) is 0 Å². The fourth-order valence-corrected chi connectivity index (χ4v) is 3.19. The number of nitrogens with one attached hydrogen (secondary N) is 1. The minimum absolute atomic E-state index is 0.761. The summed E-state index contributed by atoms with van der Waals surface area (Å²) in [6.07, 6.45) is 2.72. The maximum atomic E-state index is 5.92. The van der Waals surface area contributed by atoms with E-state index in [1.165, 1.54) is 25.9 Å². The van der Waals surface area contributed by atoms with Gasteiger partial charge in [-0.15, -0.1) is 0 Å². The van der Waals surface area contributed by atoms with Gasteiger partial charge in [-0.1, -0.05) is 31.2 Å². The molecule has 3 rings (SSSR count). The molecule has 2 atom stereocenters. The van der Waals surface area contributed by atoms with E-state index in [1.54, 1.807) is 4.90 Å². The van der Waals surface area contributed by atoms with Crippen LogP contribution in [0.15, 0.2) is 54.6 Å². The van der Waals surface area contributed by atoms with Crippen molar-refractivity contribution in [3.05, 3.63) is 54.6 Å². The van der Waals surface area contributed by atoms with Crippen molar-refractivity contribution < 1.29 is 14.4 Å². The van der Waals surface area contributed by atoms with Crippen LogP contribution < -0.4 is 14.4 Å². The Bertz CT molecular complexity index is 600. The summed E-state index contributed by atoms with van der Waals surface area (Å²) in [5.41, 5.74) is 0. The molecule has 1 saturated heterocycles. The Hall–Kier alpha value is -2.00. The molecule has 0 aliphatic carbocycles. The number of benzene rings is 2. The van der Waals surface area contributed by atoms with E-state index in [2.05, 4.69) is 6.92 Å². The van der Waals surface area contributed by atoms with Crippen molar-refractivity contribution >= 4 is 0 Å². The smallest absolute Gasteiger partial charge is 0.137 e. The van der Waals surface area contributed by atoms with Gasteiger partial charge in [0.1, 0.15) is 30.4 Å². The van der Waals surface area contributed by atoms with Gasteiger partial charge in [-0.3, -0.25) is 0 Å². The van der Waals surface area contributed by atoms with Gasteiger partial charge in [0.15, 0.2) is 0 Å². The van der Waals surface area contributed by atoms with Gasteiger partial charge in [-0.25, -0.2) is 0 Å². The minimum Gasteiger partial charge on any atom is -0.488 e. The zero-order valence-electron chi connectivity index (χ0n) is 13.8. The molecule has 1 aliphatic heterocycles. The lowest BCUT2D eigenvalue weighted by Gasteiger charge is -2.27. The molecule has 2 unspecified atom stereocenters. The summed E-state index contributed by atoms with van der Waals surface area (Å²) in [5.74, 6) is 3.38. The van der Waals surface area contributed by atoms with E-state index in [4.69, 9.17) is 9.47 Å². The van der Waals surface area contributed by atoms with Crippen LogP contribution in [0.4, 0.5) is 0 Å². The van der Waals surface area contributed by atoms with Crippen LogP contribution in [-0.4, -0.2) is 26.2 Å². The van der Waals surface area contributed by atoms with Gasteiger partial charge in [-0.05, 0) is 37.1 Å².